The largest absolute Gasteiger partial charge is 0.478 e. The van der Waals surface area contributed by atoms with Crippen LogP contribution < -0.4 is 21.3 Å². The third kappa shape index (κ3) is 12.8. The van der Waals surface area contributed by atoms with Gasteiger partial charge in [-0.3, -0.25) is 0 Å². The van der Waals surface area contributed by atoms with E-state index in [1.165, 1.54) is 44.5 Å². The molecule has 8 aromatic carbocycles. The zero-order chi connectivity index (χ0) is 55.0. The second-order valence-corrected chi connectivity index (χ2v) is 22.4. The van der Waals surface area contributed by atoms with Crippen molar-refractivity contribution >= 4 is 11.9 Å². The van der Waals surface area contributed by atoms with Crippen LogP contribution in [-0.4, -0.2) is 22.2 Å². The van der Waals surface area contributed by atoms with Crippen molar-refractivity contribution in [2.24, 2.45) is 0 Å². The molecule has 16 bridgehead atoms. The highest BCUT2D eigenvalue weighted by Gasteiger charge is 2.22. The van der Waals surface area contributed by atoms with Crippen LogP contribution in [-0.2, 0) is 52.4 Å². The highest BCUT2D eigenvalue weighted by atomic mass is 16.4. The molecule has 0 aromatic heterocycles. The molecule has 0 radical (unpaired) electrons. The number of benzene rings is 8. The van der Waals surface area contributed by atoms with Gasteiger partial charge in [-0.15, -0.1) is 0 Å². The first-order chi connectivity index (χ1) is 37.6. The van der Waals surface area contributed by atoms with Gasteiger partial charge in [-0.05, 0) is 135 Å². The minimum Gasteiger partial charge on any atom is -0.478 e. The lowest BCUT2D eigenvalue weighted by atomic mass is 9.87. The maximum absolute atomic E-state index is 13.1. The lowest BCUT2D eigenvalue weighted by Crippen LogP contribution is -2.18. The van der Waals surface area contributed by atoms with E-state index in [0.29, 0.717) is 109 Å². The first-order valence-corrected chi connectivity index (χ1v) is 27.9. The molecule has 8 nitrogen and oxygen atoms in total. The van der Waals surface area contributed by atoms with Crippen LogP contribution in [0, 0.1) is 0 Å². The fourth-order valence-corrected chi connectivity index (χ4v) is 11.3. The normalized spacial score (nSPS) is 13.7. The highest BCUT2D eigenvalue weighted by Crippen LogP contribution is 2.36. The average molecular weight is 1040 g/mol. The number of hydrogen-bond donors (Lipinski definition) is 6. The quantitative estimate of drug-likeness (QED) is 0.0974. The summed E-state index contributed by atoms with van der Waals surface area (Å²) < 4.78 is 0. The number of carbonyl (C=O) groups is 2. The summed E-state index contributed by atoms with van der Waals surface area (Å²) >= 11 is 0. The second kappa shape index (κ2) is 24.9. The van der Waals surface area contributed by atoms with Crippen LogP contribution in [0.1, 0.15) is 167 Å². The van der Waals surface area contributed by atoms with E-state index in [1.54, 1.807) is 0 Å². The molecule has 7 aliphatic heterocycles. The molecule has 15 rings (SSSR count). The van der Waals surface area contributed by atoms with Crippen LogP contribution >= 0.6 is 0 Å². The van der Waals surface area contributed by atoms with Crippen LogP contribution in [0.15, 0.2) is 158 Å². The summed E-state index contributed by atoms with van der Waals surface area (Å²) in [5.74, 6) is -0.504. The van der Waals surface area contributed by atoms with Crippen LogP contribution in [0.4, 0.5) is 0 Å². The van der Waals surface area contributed by atoms with E-state index in [0.717, 1.165) is 44.5 Å². The van der Waals surface area contributed by atoms with Crippen molar-refractivity contribution in [2.45, 2.75) is 131 Å². The Kier molecular flexibility index (Phi) is 17.7. The molecule has 8 heteroatoms. The lowest BCUT2D eigenvalue weighted by Gasteiger charge is -2.21. The molecule has 0 aliphatic carbocycles. The molecule has 6 N–H and O–H groups in total. The Bertz CT molecular complexity index is 2970. The maximum Gasteiger partial charge on any atom is 0.336 e. The Hall–Kier alpha value is -7.46. The van der Waals surface area contributed by atoms with Crippen molar-refractivity contribution in [3.05, 3.63) is 236 Å². The summed E-state index contributed by atoms with van der Waals surface area (Å²) in [6, 6.07) is 54.1. The molecule has 400 valence electrons. The van der Waals surface area contributed by atoms with Gasteiger partial charge in [0.15, 0.2) is 0 Å². The van der Waals surface area contributed by atoms with Gasteiger partial charge in [-0.1, -0.05) is 213 Å². The minimum absolute atomic E-state index is 0.296. The summed E-state index contributed by atoms with van der Waals surface area (Å²) in [6.07, 6.45) is 0. The SMILES string of the molecule is CC(C)c1cc(C(C)C)c2cc1CNCc1ccc(cc1)-c1cccc(c1C(=O)O)-c1ccc(cc1)CNCc1cc(c(C(C)C)cc1C(C)C)CNCc1ccc(cc1)-c1cccc(c1C(=O)O)-c1ccc(cc1)CNC2. The summed E-state index contributed by atoms with van der Waals surface area (Å²) in [5, 5.41) is 36.3. The molecule has 0 unspecified atom stereocenters. The Balaban J connectivity index is 1.02. The highest BCUT2D eigenvalue weighted by molar-refractivity contribution is 6.04. The van der Waals surface area contributed by atoms with Crippen LogP contribution in [0.3, 0.4) is 0 Å². The molecule has 0 fully saturated rings. The monoisotopic (exact) mass is 1040 g/mol. The van der Waals surface area contributed by atoms with E-state index in [9.17, 15) is 19.8 Å². The summed E-state index contributed by atoms with van der Waals surface area (Å²) in [6.45, 7) is 23.5. The average Bonchev–Trinajstić information content (AvgIpc) is 3.54. The van der Waals surface area contributed by atoms with Gasteiger partial charge in [-0.25, -0.2) is 9.59 Å². The Labute approximate surface area is 462 Å². The molecule has 8 aromatic rings. The van der Waals surface area contributed by atoms with Gasteiger partial charge in [0.2, 0.25) is 0 Å². The maximum atomic E-state index is 13.1. The second-order valence-electron chi connectivity index (χ2n) is 22.4. The van der Waals surface area contributed by atoms with Crippen LogP contribution in [0.25, 0.3) is 44.5 Å². The zero-order valence-corrected chi connectivity index (χ0v) is 46.7. The zero-order valence-electron chi connectivity index (χ0n) is 46.7. The van der Waals surface area contributed by atoms with E-state index in [2.05, 4.69) is 149 Å². The number of hydrogen-bond acceptors (Lipinski definition) is 6. The number of rotatable bonds is 6. The minimum atomic E-state index is -0.952. The van der Waals surface area contributed by atoms with Gasteiger partial charge >= 0.3 is 11.9 Å². The molecule has 7 heterocycles. The molecule has 0 spiro atoms. The molecule has 0 saturated carbocycles. The fourth-order valence-electron chi connectivity index (χ4n) is 11.3. The van der Waals surface area contributed by atoms with E-state index in [-0.39, 0.29) is 0 Å². The fraction of sp³-hybridized carbons (Fsp3) is 0.286. The smallest absolute Gasteiger partial charge is 0.336 e. The summed E-state index contributed by atoms with van der Waals surface area (Å²) in [5.41, 5.74) is 21.7. The first-order valence-electron chi connectivity index (χ1n) is 27.9. The van der Waals surface area contributed by atoms with Crippen molar-refractivity contribution in [3.63, 3.8) is 0 Å². The standard InChI is InChI=1S/C70H76N4O4/c1-43(2)63-33-64(44(3)4)56-31-55(63)39-71-35-47-15-23-51(24-16-47)59-11-9-12-61(67(59)69(75)76)53-27-19-49(20-28-53)37-73-41-57-32-58(66(46(7)8)34-65(57)45(5)6)42-74-38-50-21-29-54(30-22-50)62-14-10-13-60(68(62)70(77)78)52-25-17-48(18-26-52)36-72-40-56/h9-34,43-46,71-74H,35-42H2,1-8H3,(H,75,76)(H,77,78). The summed E-state index contributed by atoms with van der Waals surface area (Å²) in [7, 11) is 0. The van der Waals surface area contributed by atoms with Gasteiger partial charge in [0.05, 0.1) is 11.1 Å². The van der Waals surface area contributed by atoms with E-state index in [1.807, 2.05) is 84.9 Å². The lowest BCUT2D eigenvalue weighted by molar-refractivity contribution is 0.0687. The van der Waals surface area contributed by atoms with Crippen molar-refractivity contribution in [3.8, 4) is 44.5 Å². The number of carboxylic acids is 2. The Morgan fingerprint density at radius 1 is 0.321 bits per heavy atom. The Morgan fingerprint density at radius 2 is 0.538 bits per heavy atom. The van der Waals surface area contributed by atoms with Crippen molar-refractivity contribution in [2.75, 3.05) is 0 Å². The van der Waals surface area contributed by atoms with Gasteiger partial charge < -0.3 is 31.5 Å². The van der Waals surface area contributed by atoms with Gasteiger partial charge in [0.1, 0.15) is 0 Å². The predicted molar refractivity (Wildman–Crippen MR) is 320 cm³/mol. The van der Waals surface area contributed by atoms with Crippen molar-refractivity contribution in [1.29, 1.82) is 0 Å². The third-order valence-electron chi connectivity index (χ3n) is 15.5. The molecular weight excluding hydrogens is 961 g/mol. The number of aromatic carboxylic acids is 2. The molecular formula is C70H76N4O4. The molecule has 0 amide bonds. The van der Waals surface area contributed by atoms with E-state index < -0.39 is 11.9 Å². The van der Waals surface area contributed by atoms with E-state index >= 15 is 0 Å². The van der Waals surface area contributed by atoms with Crippen LogP contribution in [0.2, 0.25) is 0 Å². The van der Waals surface area contributed by atoms with E-state index in [4.69, 9.17) is 0 Å². The van der Waals surface area contributed by atoms with Gasteiger partial charge in [0, 0.05) is 52.4 Å². The first kappa shape index (κ1) is 55.3. The molecule has 0 saturated heterocycles. The summed E-state index contributed by atoms with van der Waals surface area (Å²) in [4.78, 5) is 26.2. The van der Waals surface area contributed by atoms with Crippen LogP contribution in [0.5, 0.6) is 0 Å². The third-order valence-corrected chi connectivity index (χ3v) is 15.5. The topological polar surface area (TPSA) is 123 Å². The molecule has 7 aliphatic rings. The molecule has 78 heavy (non-hydrogen) atoms. The number of nitrogens with one attached hydrogen (secondary N) is 4. The van der Waals surface area contributed by atoms with Gasteiger partial charge in [-0.2, -0.15) is 0 Å². The van der Waals surface area contributed by atoms with Crippen molar-refractivity contribution in [1.82, 2.24) is 21.3 Å². The Morgan fingerprint density at radius 3 is 0.731 bits per heavy atom. The van der Waals surface area contributed by atoms with Crippen molar-refractivity contribution < 1.29 is 19.8 Å². The van der Waals surface area contributed by atoms with Gasteiger partial charge in [0.25, 0.3) is 0 Å². The predicted octanol–water partition coefficient (Wildman–Crippen LogP) is 15.7. The molecule has 0 atom stereocenters. The number of carboxylic acid groups (broad SMARTS) is 2.